The Bertz CT molecular complexity index is 1090. The van der Waals surface area contributed by atoms with Crippen molar-refractivity contribution in [3.05, 3.63) is 53.8 Å². The molecule has 0 radical (unpaired) electrons. The maximum Gasteiger partial charge on any atom is 0.325 e. The van der Waals surface area contributed by atoms with Crippen LogP contribution in [-0.4, -0.2) is 53.2 Å². The topological polar surface area (TPSA) is 107 Å². The van der Waals surface area contributed by atoms with E-state index in [1.165, 1.54) is 35.6 Å². The molecule has 1 aliphatic rings. The van der Waals surface area contributed by atoms with Crippen molar-refractivity contribution >= 4 is 44.3 Å². The maximum absolute atomic E-state index is 13.0. The molecule has 1 aromatic heterocycles. The highest BCUT2D eigenvalue weighted by Crippen LogP contribution is 2.30. The molecule has 4 rings (SSSR count). The summed E-state index contributed by atoms with van der Waals surface area (Å²) in [4.78, 5) is 30.7. The molecule has 2 heterocycles. The molecule has 1 saturated heterocycles. The third-order valence-electron chi connectivity index (χ3n) is 4.98. The first-order chi connectivity index (χ1) is 14.4. The minimum atomic E-state index is -0.498. The van der Waals surface area contributed by atoms with Crippen LogP contribution in [0.1, 0.15) is 11.6 Å². The van der Waals surface area contributed by atoms with Gasteiger partial charge in [0.25, 0.3) is 0 Å². The number of amides is 3. The second-order valence-electron chi connectivity index (χ2n) is 6.96. The van der Waals surface area contributed by atoms with Gasteiger partial charge < -0.3 is 20.6 Å². The molecule has 0 bridgehead atoms. The third kappa shape index (κ3) is 4.11. The standard InChI is InChI=1S/C20H20FN5O3S/c1-26-14(10-27)9-22-17(18(26)28)11-2-7-15-16(8-11)30-20(24-15)25-19(29)23-13-5-3-12(21)4-6-13/h2-8,14,17,22,27H,9-10H2,1H3,(H2,23,24,25,29)/t14-,17?/m1/s1. The average Bonchev–Trinajstić information content (AvgIpc) is 3.13. The Morgan fingerprint density at radius 2 is 2.07 bits per heavy atom. The molecule has 8 nitrogen and oxygen atoms in total. The summed E-state index contributed by atoms with van der Waals surface area (Å²) in [5, 5.41) is 18.2. The predicted octanol–water partition coefficient (Wildman–Crippen LogP) is 2.54. The van der Waals surface area contributed by atoms with Crippen LogP contribution in [0.15, 0.2) is 42.5 Å². The van der Waals surface area contributed by atoms with E-state index in [9.17, 15) is 19.1 Å². The Hall–Kier alpha value is -3.08. The van der Waals surface area contributed by atoms with E-state index in [4.69, 9.17) is 0 Å². The predicted molar refractivity (Wildman–Crippen MR) is 113 cm³/mol. The largest absolute Gasteiger partial charge is 0.394 e. The number of aliphatic hydroxyl groups is 1. The van der Waals surface area contributed by atoms with Crippen molar-refractivity contribution in [3.63, 3.8) is 0 Å². The monoisotopic (exact) mass is 429 g/mol. The smallest absolute Gasteiger partial charge is 0.325 e. The molecule has 156 valence electrons. The maximum atomic E-state index is 13.0. The van der Waals surface area contributed by atoms with E-state index < -0.39 is 12.1 Å². The van der Waals surface area contributed by atoms with E-state index in [-0.39, 0.29) is 24.4 Å². The Morgan fingerprint density at radius 3 is 2.80 bits per heavy atom. The molecule has 3 aromatic rings. The number of nitrogens with zero attached hydrogens (tertiary/aromatic N) is 2. The van der Waals surface area contributed by atoms with Crippen LogP contribution in [0.3, 0.4) is 0 Å². The number of hydrogen-bond donors (Lipinski definition) is 4. The molecule has 4 N–H and O–H groups in total. The Labute approximate surface area is 175 Å². The normalized spacial score (nSPS) is 19.2. The van der Waals surface area contributed by atoms with E-state index in [1.807, 2.05) is 12.1 Å². The van der Waals surface area contributed by atoms with Crippen LogP contribution in [0.4, 0.5) is 20.0 Å². The zero-order valence-corrected chi connectivity index (χ0v) is 16.9. The lowest BCUT2D eigenvalue weighted by Crippen LogP contribution is -2.55. The first-order valence-corrected chi connectivity index (χ1v) is 10.1. The fourth-order valence-electron chi connectivity index (χ4n) is 3.28. The molecule has 0 aliphatic carbocycles. The van der Waals surface area contributed by atoms with Gasteiger partial charge in [0, 0.05) is 19.3 Å². The van der Waals surface area contributed by atoms with Crippen molar-refractivity contribution in [2.45, 2.75) is 12.1 Å². The summed E-state index contributed by atoms with van der Waals surface area (Å²) in [5.41, 5.74) is 1.96. The van der Waals surface area contributed by atoms with Gasteiger partial charge in [-0.25, -0.2) is 14.2 Å². The number of likely N-dealkylation sites (N-methyl/N-ethyl adjacent to an activating group) is 1. The van der Waals surface area contributed by atoms with Crippen LogP contribution in [0.2, 0.25) is 0 Å². The summed E-state index contributed by atoms with van der Waals surface area (Å²) in [6, 6.07) is 9.73. The third-order valence-corrected chi connectivity index (χ3v) is 5.91. The number of aromatic nitrogens is 1. The van der Waals surface area contributed by atoms with Crippen molar-refractivity contribution in [2.75, 3.05) is 30.8 Å². The molecule has 10 heteroatoms. The average molecular weight is 429 g/mol. The summed E-state index contributed by atoms with van der Waals surface area (Å²) in [7, 11) is 1.68. The number of hydrogen-bond acceptors (Lipinski definition) is 6. The quantitative estimate of drug-likeness (QED) is 0.510. The minimum absolute atomic E-state index is 0.0924. The first-order valence-electron chi connectivity index (χ1n) is 9.29. The lowest BCUT2D eigenvalue weighted by Gasteiger charge is -2.36. The molecule has 30 heavy (non-hydrogen) atoms. The molecular formula is C20H20FN5O3S. The van der Waals surface area contributed by atoms with Crippen LogP contribution >= 0.6 is 11.3 Å². The second kappa shape index (κ2) is 8.34. The number of thiazole rings is 1. The van der Waals surface area contributed by atoms with E-state index in [0.717, 1.165) is 10.3 Å². The van der Waals surface area contributed by atoms with Gasteiger partial charge in [0.15, 0.2) is 5.13 Å². The highest BCUT2D eigenvalue weighted by atomic mass is 32.1. The van der Waals surface area contributed by atoms with Crippen molar-refractivity contribution in [3.8, 4) is 0 Å². The molecule has 2 atom stereocenters. The van der Waals surface area contributed by atoms with E-state index in [0.29, 0.717) is 22.9 Å². The van der Waals surface area contributed by atoms with Gasteiger partial charge in [-0.05, 0) is 42.0 Å². The van der Waals surface area contributed by atoms with Crippen molar-refractivity contribution < 1.29 is 19.1 Å². The number of nitrogens with one attached hydrogen (secondary N) is 3. The summed E-state index contributed by atoms with van der Waals surface area (Å²) in [6.07, 6.45) is 0. The molecule has 3 amide bonds. The Balaban J connectivity index is 1.48. The lowest BCUT2D eigenvalue weighted by molar-refractivity contribution is -0.138. The van der Waals surface area contributed by atoms with E-state index in [1.54, 1.807) is 18.0 Å². The van der Waals surface area contributed by atoms with Gasteiger partial charge in [-0.15, -0.1) is 0 Å². The second-order valence-corrected chi connectivity index (χ2v) is 7.99. The number of urea groups is 1. The van der Waals surface area contributed by atoms with E-state index in [2.05, 4.69) is 20.9 Å². The van der Waals surface area contributed by atoms with Gasteiger partial charge in [-0.3, -0.25) is 10.1 Å². The van der Waals surface area contributed by atoms with Gasteiger partial charge in [0.1, 0.15) is 11.9 Å². The molecule has 2 aromatic carbocycles. The van der Waals surface area contributed by atoms with Gasteiger partial charge in [-0.2, -0.15) is 0 Å². The number of anilines is 2. The highest BCUT2D eigenvalue weighted by Gasteiger charge is 2.33. The number of halogens is 1. The molecular weight excluding hydrogens is 409 g/mol. The Kier molecular flexibility index (Phi) is 5.62. The highest BCUT2D eigenvalue weighted by molar-refractivity contribution is 7.22. The molecule has 1 fully saturated rings. The SMILES string of the molecule is CN1C(=O)C(c2ccc3nc(NC(=O)Nc4ccc(F)cc4)sc3c2)NC[C@@H]1CO. The fourth-order valence-corrected chi connectivity index (χ4v) is 4.19. The Morgan fingerprint density at radius 1 is 1.30 bits per heavy atom. The van der Waals surface area contributed by atoms with Crippen molar-refractivity contribution in [1.29, 1.82) is 0 Å². The molecule has 1 aliphatic heterocycles. The van der Waals surface area contributed by atoms with Crippen LogP contribution in [0, 0.1) is 5.82 Å². The van der Waals surface area contributed by atoms with Crippen molar-refractivity contribution in [2.24, 2.45) is 0 Å². The van der Waals surface area contributed by atoms with Crippen LogP contribution < -0.4 is 16.0 Å². The number of aliphatic hydroxyl groups excluding tert-OH is 1. The van der Waals surface area contributed by atoms with E-state index >= 15 is 0 Å². The summed E-state index contributed by atoms with van der Waals surface area (Å²) in [5.74, 6) is -0.492. The van der Waals surface area contributed by atoms with Gasteiger partial charge in [0.05, 0.1) is 22.9 Å². The zero-order valence-electron chi connectivity index (χ0n) is 16.1. The number of fused-ring (bicyclic) bond motifs is 1. The van der Waals surface area contributed by atoms with Gasteiger partial charge >= 0.3 is 6.03 Å². The molecule has 1 unspecified atom stereocenters. The summed E-state index contributed by atoms with van der Waals surface area (Å²) < 4.78 is 13.8. The van der Waals surface area contributed by atoms with Crippen LogP contribution in [-0.2, 0) is 4.79 Å². The van der Waals surface area contributed by atoms with Gasteiger partial charge in [-0.1, -0.05) is 17.4 Å². The first kappa shape index (κ1) is 20.2. The summed E-state index contributed by atoms with van der Waals surface area (Å²) >= 11 is 1.29. The lowest BCUT2D eigenvalue weighted by atomic mass is 10.0. The number of benzene rings is 2. The fraction of sp³-hybridized carbons (Fsp3) is 0.250. The van der Waals surface area contributed by atoms with Crippen molar-refractivity contribution in [1.82, 2.24) is 15.2 Å². The number of piperazine rings is 1. The number of carbonyl (C=O) groups excluding carboxylic acids is 2. The van der Waals surface area contributed by atoms with Gasteiger partial charge in [0.2, 0.25) is 5.91 Å². The number of carbonyl (C=O) groups is 2. The minimum Gasteiger partial charge on any atom is -0.394 e. The van der Waals surface area contributed by atoms with Crippen LogP contribution in [0.5, 0.6) is 0 Å². The molecule has 0 spiro atoms. The zero-order chi connectivity index (χ0) is 21.3. The van der Waals surface area contributed by atoms with Crippen LogP contribution in [0.25, 0.3) is 10.2 Å². The number of rotatable bonds is 4. The molecule has 0 saturated carbocycles. The summed E-state index contributed by atoms with van der Waals surface area (Å²) in [6.45, 7) is 0.408.